The van der Waals surface area contributed by atoms with Gasteiger partial charge in [-0.05, 0) is 62.6 Å². The van der Waals surface area contributed by atoms with Crippen LogP contribution >= 0.6 is 0 Å². The van der Waals surface area contributed by atoms with Gasteiger partial charge in [0.05, 0.1) is 22.2 Å². The predicted octanol–water partition coefficient (Wildman–Crippen LogP) is 5.26. The van der Waals surface area contributed by atoms with Crippen LogP contribution in [0.25, 0.3) is 21.8 Å². The molecule has 0 unspecified atom stereocenters. The smallest absolute Gasteiger partial charge is 0.321 e. The minimum absolute atomic E-state index is 0.102. The van der Waals surface area contributed by atoms with Gasteiger partial charge in [-0.15, -0.1) is 0 Å². The highest BCUT2D eigenvalue weighted by atomic mass is 19.3. The summed E-state index contributed by atoms with van der Waals surface area (Å²) >= 11 is 0. The first kappa shape index (κ1) is 30.2. The molecule has 0 bridgehead atoms. The van der Waals surface area contributed by atoms with Crippen molar-refractivity contribution in [2.24, 2.45) is 0 Å². The van der Waals surface area contributed by atoms with Crippen LogP contribution in [0.3, 0.4) is 0 Å². The maximum Gasteiger partial charge on any atom is 0.321 e. The lowest BCUT2D eigenvalue weighted by Gasteiger charge is -2.22. The number of carbonyl (C=O) groups excluding carboxylic acids is 2. The SMILES string of the molecule is CN(C)CCNC(=O)c1cccc2c1c(=O)[nH]c1nccc(Nc3ccc(N(C(=O)c4ccc(F)cc4F)C(F)F)cc3)c12. The van der Waals surface area contributed by atoms with Crippen LogP contribution in [0.15, 0.2) is 77.7 Å². The Morgan fingerprint density at radius 2 is 1.70 bits per heavy atom. The summed E-state index contributed by atoms with van der Waals surface area (Å²) in [5, 5.41) is 7.12. The highest BCUT2D eigenvalue weighted by molar-refractivity contribution is 6.16. The van der Waals surface area contributed by atoms with Crippen LogP contribution < -0.4 is 21.1 Å². The first-order valence-corrected chi connectivity index (χ1v) is 13.4. The molecule has 0 spiro atoms. The van der Waals surface area contributed by atoms with Gasteiger partial charge in [0.25, 0.3) is 17.4 Å². The number of anilines is 3. The Bertz CT molecular complexity index is 1930. The maximum absolute atomic E-state index is 14.2. The normalized spacial score (nSPS) is 11.4. The summed E-state index contributed by atoms with van der Waals surface area (Å²) in [5.74, 6) is -3.95. The van der Waals surface area contributed by atoms with Crippen molar-refractivity contribution in [2.75, 3.05) is 37.4 Å². The fraction of sp³-hybridized carbons (Fsp3) is 0.161. The molecule has 44 heavy (non-hydrogen) atoms. The molecule has 2 amide bonds. The minimum atomic E-state index is -3.31. The highest BCUT2D eigenvalue weighted by Crippen LogP contribution is 2.32. The number of aromatic nitrogens is 2. The Hall–Kier alpha value is -5.30. The quantitative estimate of drug-likeness (QED) is 0.120. The summed E-state index contributed by atoms with van der Waals surface area (Å²) < 4.78 is 55.4. The van der Waals surface area contributed by atoms with Gasteiger partial charge in [-0.2, -0.15) is 8.78 Å². The molecule has 2 aromatic heterocycles. The number of hydrogen-bond donors (Lipinski definition) is 3. The number of alkyl halides is 2. The number of amides is 2. The number of nitrogens with one attached hydrogen (secondary N) is 3. The third-order valence-electron chi connectivity index (χ3n) is 6.83. The van der Waals surface area contributed by atoms with Crippen molar-refractivity contribution in [1.29, 1.82) is 0 Å². The molecule has 13 heteroatoms. The molecular formula is C31H26F4N6O3. The molecule has 3 N–H and O–H groups in total. The zero-order valence-corrected chi connectivity index (χ0v) is 23.5. The summed E-state index contributed by atoms with van der Waals surface area (Å²) in [6, 6.07) is 14.0. The van der Waals surface area contributed by atoms with E-state index in [1.807, 2.05) is 19.0 Å². The van der Waals surface area contributed by atoms with Crippen molar-refractivity contribution < 1.29 is 27.2 Å². The van der Waals surface area contributed by atoms with Crippen molar-refractivity contribution >= 4 is 50.7 Å². The molecule has 0 aliphatic rings. The fourth-order valence-electron chi connectivity index (χ4n) is 4.76. The van der Waals surface area contributed by atoms with Gasteiger partial charge in [0.15, 0.2) is 0 Å². The maximum atomic E-state index is 14.2. The van der Waals surface area contributed by atoms with E-state index in [0.29, 0.717) is 41.3 Å². The number of likely N-dealkylation sites (N-methyl/N-ethyl adjacent to an activating group) is 1. The number of rotatable bonds is 9. The number of H-pyrrole nitrogens is 1. The average Bonchev–Trinajstić information content (AvgIpc) is 2.97. The Labute approximate surface area is 248 Å². The molecule has 2 heterocycles. The van der Waals surface area contributed by atoms with Crippen LogP contribution in [-0.2, 0) is 0 Å². The van der Waals surface area contributed by atoms with Gasteiger partial charge in [-0.25, -0.2) is 13.8 Å². The van der Waals surface area contributed by atoms with Crippen molar-refractivity contribution in [3.05, 3.63) is 106 Å². The van der Waals surface area contributed by atoms with E-state index in [1.54, 1.807) is 24.3 Å². The Morgan fingerprint density at radius 1 is 0.955 bits per heavy atom. The standard InChI is InChI=1S/C31H26F4N6O3/c1-40(2)15-14-37-28(42)22-5-3-4-21-25(22)29(43)39-27-26(21)24(12-13-36-27)38-18-7-9-19(10-8-18)41(31(34)35)30(44)20-11-6-17(32)16-23(20)33/h3-13,16,31H,14-15H2,1-2H3,(H,37,42)(H2,36,38,39,43). The topological polar surface area (TPSA) is 110 Å². The lowest BCUT2D eigenvalue weighted by Crippen LogP contribution is -2.36. The van der Waals surface area contributed by atoms with Gasteiger partial charge < -0.3 is 20.5 Å². The molecule has 0 aliphatic heterocycles. The van der Waals surface area contributed by atoms with Crippen LogP contribution in [-0.4, -0.2) is 60.4 Å². The van der Waals surface area contributed by atoms with E-state index in [9.17, 15) is 31.9 Å². The minimum Gasteiger partial charge on any atom is -0.355 e. The zero-order valence-electron chi connectivity index (χ0n) is 23.5. The van der Waals surface area contributed by atoms with E-state index < -0.39 is 41.1 Å². The van der Waals surface area contributed by atoms with E-state index in [4.69, 9.17) is 0 Å². The van der Waals surface area contributed by atoms with Crippen molar-refractivity contribution in [3.8, 4) is 0 Å². The van der Waals surface area contributed by atoms with Gasteiger partial charge >= 0.3 is 6.55 Å². The zero-order chi connectivity index (χ0) is 31.5. The first-order chi connectivity index (χ1) is 21.0. The predicted molar refractivity (Wildman–Crippen MR) is 160 cm³/mol. The number of aromatic amines is 1. The molecular weight excluding hydrogens is 580 g/mol. The number of hydrogen-bond acceptors (Lipinski definition) is 6. The molecule has 0 saturated heterocycles. The number of carbonyl (C=O) groups is 2. The summed E-state index contributed by atoms with van der Waals surface area (Å²) in [6.07, 6.45) is 1.47. The second-order valence-electron chi connectivity index (χ2n) is 10.1. The monoisotopic (exact) mass is 606 g/mol. The van der Waals surface area contributed by atoms with Gasteiger partial charge in [0, 0.05) is 47.5 Å². The van der Waals surface area contributed by atoms with E-state index in [0.717, 1.165) is 12.1 Å². The molecule has 5 rings (SSSR count). The summed E-state index contributed by atoms with van der Waals surface area (Å²) in [4.78, 5) is 47.8. The highest BCUT2D eigenvalue weighted by Gasteiger charge is 2.28. The average molecular weight is 607 g/mol. The van der Waals surface area contributed by atoms with Crippen molar-refractivity contribution in [3.63, 3.8) is 0 Å². The molecule has 0 aliphatic carbocycles. The van der Waals surface area contributed by atoms with E-state index in [2.05, 4.69) is 20.6 Å². The molecule has 0 radical (unpaired) electrons. The molecule has 9 nitrogen and oxygen atoms in total. The molecule has 0 fully saturated rings. The fourth-order valence-corrected chi connectivity index (χ4v) is 4.76. The molecule has 226 valence electrons. The van der Waals surface area contributed by atoms with Gasteiger partial charge in [0.1, 0.15) is 17.3 Å². The number of fused-ring (bicyclic) bond motifs is 3. The van der Waals surface area contributed by atoms with E-state index in [-0.39, 0.29) is 27.2 Å². The number of pyridine rings is 2. The Kier molecular flexibility index (Phi) is 8.58. The van der Waals surface area contributed by atoms with Crippen LogP contribution in [0.5, 0.6) is 0 Å². The van der Waals surface area contributed by atoms with Crippen LogP contribution in [0, 0.1) is 11.6 Å². The molecule has 5 aromatic rings. The van der Waals surface area contributed by atoms with Gasteiger partial charge in [0.2, 0.25) is 0 Å². The largest absolute Gasteiger partial charge is 0.355 e. The second-order valence-corrected chi connectivity index (χ2v) is 10.1. The van der Waals surface area contributed by atoms with Gasteiger partial charge in [-0.1, -0.05) is 12.1 Å². The van der Waals surface area contributed by atoms with Crippen LogP contribution in [0.4, 0.5) is 34.6 Å². The van der Waals surface area contributed by atoms with Crippen molar-refractivity contribution in [2.45, 2.75) is 6.55 Å². The third kappa shape index (κ3) is 6.08. The van der Waals surface area contributed by atoms with E-state index in [1.165, 1.54) is 30.5 Å². The molecule has 3 aromatic carbocycles. The van der Waals surface area contributed by atoms with Crippen LogP contribution in [0.1, 0.15) is 20.7 Å². The number of nitrogens with zero attached hydrogens (tertiary/aromatic N) is 3. The Morgan fingerprint density at radius 3 is 2.39 bits per heavy atom. The molecule has 0 atom stereocenters. The number of benzene rings is 3. The van der Waals surface area contributed by atoms with Crippen molar-refractivity contribution in [1.82, 2.24) is 20.2 Å². The lowest BCUT2D eigenvalue weighted by molar-refractivity contribution is 0.0834. The second kappa shape index (κ2) is 12.5. The third-order valence-corrected chi connectivity index (χ3v) is 6.83. The van der Waals surface area contributed by atoms with E-state index >= 15 is 0 Å². The summed E-state index contributed by atoms with van der Waals surface area (Å²) in [7, 11) is 3.75. The summed E-state index contributed by atoms with van der Waals surface area (Å²) in [6.45, 7) is -2.32. The first-order valence-electron chi connectivity index (χ1n) is 13.4. The number of halogens is 4. The van der Waals surface area contributed by atoms with Crippen LogP contribution in [0.2, 0.25) is 0 Å². The lowest BCUT2D eigenvalue weighted by atomic mass is 10.0. The Balaban J connectivity index is 1.48. The molecule has 0 saturated carbocycles. The van der Waals surface area contributed by atoms with Gasteiger partial charge in [-0.3, -0.25) is 19.3 Å². The summed E-state index contributed by atoms with van der Waals surface area (Å²) in [5.41, 5.74) is -0.0586.